The Bertz CT molecular complexity index is 566. The molecule has 0 spiro atoms. The summed E-state index contributed by atoms with van der Waals surface area (Å²) < 4.78 is 27.5. The molecule has 1 aliphatic rings. The zero-order valence-corrected chi connectivity index (χ0v) is 14.8. The molecule has 1 aliphatic heterocycles. The Kier molecular flexibility index (Phi) is 5.82. The first-order valence-electron chi connectivity index (χ1n) is 7.73. The smallest absolute Gasteiger partial charge is 0.244 e. The molecular formula is C15H26N2O2S2. The fourth-order valence-electron chi connectivity index (χ4n) is 2.97. The predicted octanol–water partition coefficient (Wildman–Crippen LogP) is 2.98. The third kappa shape index (κ3) is 3.86. The van der Waals surface area contributed by atoms with E-state index >= 15 is 0 Å². The standard InChI is InChI=1S/C15H26N2O2S2/c1-4-13-6-5-8-17(9-7-13)21(18,19)15-10-14(11-16-3)20-12(15)2/h10,13,16H,4-9,11H2,1-3H3. The van der Waals surface area contributed by atoms with Gasteiger partial charge in [-0.3, -0.25) is 0 Å². The molecule has 1 aromatic rings. The molecular weight excluding hydrogens is 304 g/mol. The summed E-state index contributed by atoms with van der Waals surface area (Å²) in [6.45, 7) is 6.15. The summed E-state index contributed by atoms with van der Waals surface area (Å²) in [4.78, 5) is 2.49. The normalized spacial score (nSPS) is 21.4. The monoisotopic (exact) mass is 330 g/mol. The third-order valence-electron chi connectivity index (χ3n) is 4.28. The lowest BCUT2D eigenvalue weighted by Crippen LogP contribution is -2.32. The van der Waals surface area contributed by atoms with E-state index in [0.29, 0.717) is 23.9 Å². The Balaban J connectivity index is 2.21. The van der Waals surface area contributed by atoms with Crippen molar-refractivity contribution in [2.75, 3.05) is 20.1 Å². The van der Waals surface area contributed by atoms with Crippen LogP contribution in [0.2, 0.25) is 0 Å². The van der Waals surface area contributed by atoms with Gasteiger partial charge in [-0.2, -0.15) is 4.31 Å². The van der Waals surface area contributed by atoms with E-state index in [1.165, 1.54) is 0 Å². The molecule has 1 atom stereocenters. The minimum atomic E-state index is -3.33. The molecule has 1 fully saturated rings. The van der Waals surface area contributed by atoms with E-state index in [1.54, 1.807) is 15.6 Å². The highest BCUT2D eigenvalue weighted by Gasteiger charge is 2.29. The predicted molar refractivity (Wildman–Crippen MR) is 88.2 cm³/mol. The van der Waals surface area contributed by atoms with E-state index in [0.717, 1.165) is 42.0 Å². The first-order valence-corrected chi connectivity index (χ1v) is 9.98. The molecule has 2 rings (SSSR count). The summed E-state index contributed by atoms with van der Waals surface area (Å²) in [6, 6.07) is 1.84. The molecule has 0 radical (unpaired) electrons. The third-order valence-corrected chi connectivity index (χ3v) is 7.48. The van der Waals surface area contributed by atoms with Crippen molar-refractivity contribution in [2.24, 2.45) is 5.92 Å². The van der Waals surface area contributed by atoms with Crippen molar-refractivity contribution in [3.63, 3.8) is 0 Å². The Hall–Kier alpha value is -0.430. The molecule has 4 nitrogen and oxygen atoms in total. The topological polar surface area (TPSA) is 49.4 Å². The number of sulfonamides is 1. The van der Waals surface area contributed by atoms with Crippen molar-refractivity contribution in [3.8, 4) is 0 Å². The summed E-state index contributed by atoms with van der Waals surface area (Å²) in [6.07, 6.45) is 4.26. The second kappa shape index (κ2) is 7.22. The highest BCUT2D eigenvalue weighted by atomic mass is 32.2. The number of thiophene rings is 1. The molecule has 0 bridgehead atoms. The Morgan fingerprint density at radius 3 is 2.81 bits per heavy atom. The average molecular weight is 331 g/mol. The number of hydrogen-bond donors (Lipinski definition) is 1. The Morgan fingerprint density at radius 1 is 1.38 bits per heavy atom. The van der Waals surface area contributed by atoms with Gasteiger partial charge in [0.15, 0.2) is 0 Å². The van der Waals surface area contributed by atoms with Crippen LogP contribution in [0.5, 0.6) is 0 Å². The first-order chi connectivity index (χ1) is 9.98. The van der Waals surface area contributed by atoms with Gasteiger partial charge in [0.25, 0.3) is 0 Å². The quantitative estimate of drug-likeness (QED) is 0.903. The molecule has 1 saturated heterocycles. The molecule has 0 aliphatic carbocycles. The average Bonchev–Trinajstić information content (AvgIpc) is 2.68. The number of rotatable bonds is 5. The second-order valence-corrected chi connectivity index (χ2v) is 9.02. The maximum absolute atomic E-state index is 12.9. The van der Waals surface area contributed by atoms with Crippen molar-refractivity contribution >= 4 is 21.4 Å². The second-order valence-electron chi connectivity index (χ2n) is 5.77. The van der Waals surface area contributed by atoms with Crippen LogP contribution in [0.15, 0.2) is 11.0 Å². The van der Waals surface area contributed by atoms with Crippen LogP contribution in [0, 0.1) is 12.8 Å². The van der Waals surface area contributed by atoms with E-state index in [9.17, 15) is 8.42 Å². The van der Waals surface area contributed by atoms with Gasteiger partial charge < -0.3 is 5.32 Å². The van der Waals surface area contributed by atoms with Crippen molar-refractivity contribution in [2.45, 2.75) is 51.0 Å². The number of hydrogen-bond acceptors (Lipinski definition) is 4. The van der Waals surface area contributed by atoms with E-state index in [4.69, 9.17) is 0 Å². The van der Waals surface area contributed by atoms with Gasteiger partial charge in [0.1, 0.15) is 0 Å². The van der Waals surface area contributed by atoms with E-state index in [-0.39, 0.29) is 0 Å². The van der Waals surface area contributed by atoms with E-state index in [1.807, 2.05) is 20.0 Å². The van der Waals surface area contributed by atoms with Crippen LogP contribution >= 0.6 is 11.3 Å². The van der Waals surface area contributed by atoms with E-state index < -0.39 is 10.0 Å². The van der Waals surface area contributed by atoms with E-state index in [2.05, 4.69) is 12.2 Å². The minimum absolute atomic E-state index is 0.507. The Labute approximate surface area is 132 Å². The van der Waals surface area contributed by atoms with Crippen LogP contribution in [0.25, 0.3) is 0 Å². The summed E-state index contributed by atoms with van der Waals surface area (Å²) in [5.74, 6) is 0.675. The maximum Gasteiger partial charge on any atom is 0.244 e. The highest BCUT2D eigenvalue weighted by molar-refractivity contribution is 7.89. The van der Waals surface area contributed by atoms with Crippen molar-refractivity contribution in [1.29, 1.82) is 0 Å². The van der Waals surface area contributed by atoms with Gasteiger partial charge in [0, 0.05) is 29.4 Å². The van der Waals surface area contributed by atoms with Gasteiger partial charge in [0.2, 0.25) is 10.0 Å². The zero-order chi connectivity index (χ0) is 15.5. The number of nitrogens with zero attached hydrogens (tertiary/aromatic N) is 1. The van der Waals surface area contributed by atoms with Crippen LogP contribution in [0.3, 0.4) is 0 Å². The molecule has 0 amide bonds. The van der Waals surface area contributed by atoms with Gasteiger partial charge in [-0.15, -0.1) is 11.3 Å². The molecule has 21 heavy (non-hydrogen) atoms. The first kappa shape index (κ1) is 16.9. The molecule has 0 aromatic carbocycles. The fraction of sp³-hybridized carbons (Fsp3) is 0.733. The number of aryl methyl sites for hydroxylation is 1. The van der Waals surface area contributed by atoms with Crippen LogP contribution in [-0.2, 0) is 16.6 Å². The van der Waals surface area contributed by atoms with Gasteiger partial charge >= 0.3 is 0 Å². The van der Waals surface area contributed by atoms with Crippen LogP contribution in [0.4, 0.5) is 0 Å². The highest BCUT2D eigenvalue weighted by Crippen LogP contribution is 2.30. The van der Waals surface area contributed by atoms with Gasteiger partial charge in [-0.1, -0.05) is 13.3 Å². The molecule has 1 N–H and O–H groups in total. The molecule has 0 saturated carbocycles. The Morgan fingerprint density at radius 2 is 2.14 bits per heavy atom. The molecule has 120 valence electrons. The van der Waals surface area contributed by atoms with Crippen LogP contribution in [-0.4, -0.2) is 32.9 Å². The summed E-state index contributed by atoms with van der Waals surface area (Å²) in [5.41, 5.74) is 0. The lowest BCUT2D eigenvalue weighted by Gasteiger charge is -2.20. The van der Waals surface area contributed by atoms with Gasteiger partial charge in [-0.25, -0.2) is 8.42 Å². The molecule has 1 unspecified atom stereocenters. The van der Waals surface area contributed by atoms with Crippen molar-refractivity contribution < 1.29 is 8.42 Å². The van der Waals surface area contributed by atoms with Crippen molar-refractivity contribution in [3.05, 3.63) is 15.8 Å². The summed E-state index contributed by atoms with van der Waals surface area (Å²) in [5, 5.41) is 3.08. The summed E-state index contributed by atoms with van der Waals surface area (Å²) >= 11 is 1.57. The fourth-order valence-corrected chi connectivity index (χ4v) is 6.08. The van der Waals surface area contributed by atoms with Crippen LogP contribution < -0.4 is 5.32 Å². The summed E-state index contributed by atoms with van der Waals surface area (Å²) in [7, 11) is -1.45. The van der Waals surface area contributed by atoms with Crippen LogP contribution in [0.1, 0.15) is 42.4 Å². The lowest BCUT2D eigenvalue weighted by atomic mass is 9.98. The minimum Gasteiger partial charge on any atom is -0.315 e. The van der Waals surface area contributed by atoms with Gasteiger partial charge in [-0.05, 0) is 45.2 Å². The zero-order valence-electron chi connectivity index (χ0n) is 13.2. The lowest BCUT2D eigenvalue weighted by molar-refractivity contribution is 0.407. The SMILES string of the molecule is CCC1CCCN(S(=O)(=O)c2cc(CNC)sc2C)CC1. The molecule has 2 heterocycles. The van der Waals surface area contributed by atoms with Gasteiger partial charge in [0.05, 0.1) is 4.90 Å². The largest absolute Gasteiger partial charge is 0.315 e. The number of nitrogens with one attached hydrogen (secondary N) is 1. The van der Waals surface area contributed by atoms with Crippen molar-refractivity contribution in [1.82, 2.24) is 9.62 Å². The molecule has 1 aromatic heterocycles. The maximum atomic E-state index is 12.9. The molecule has 6 heteroatoms.